The van der Waals surface area contributed by atoms with Gasteiger partial charge in [0.2, 0.25) is 5.71 Å². The fourth-order valence-corrected chi connectivity index (χ4v) is 4.34. The van der Waals surface area contributed by atoms with E-state index in [9.17, 15) is 0 Å². The first-order valence-corrected chi connectivity index (χ1v) is 11.5. The van der Waals surface area contributed by atoms with Crippen molar-refractivity contribution in [3.05, 3.63) is 78.2 Å². The summed E-state index contributed by atoms with van der Waals surface area (Å²) in [6.45, 7) is 11.1. The summed E-state index contributed by atoms with van der Waals surface area (Å²) >= 11 is 0. The van der Waals surface area contributed by atoms with Gasteiger partial charge in [0.05, 0.1) is 5.69 Å². The molecule has 2 aromatic carbocycles. The van der Waals surface area contributed by atoms with Gasteiger partial charge in [-0.25, -0.2) is 15.0 Å². The lowest BCUT2D eigenvalue weighted by Crippen LogP contribution is -2.12. The smallest absolute Gasteiger partial charge is 0.226 e. The Bertz CT molecular complexity index is 1460. The van der Waals surface area contributed by atoms with Crippen LogP contribution in [0.1, 0.15) is 45.9 Å². The molecule has 0 aliphatic rings. The van der Waals surface area contributed by atoms with Crippen LogP contribution >= 0.6 is 0 Å². The standard InChI is InChI=1S/C29H29N3O/c1-18(2)12-22-11-10-20-15-27(33-28(20)32-22)26-16-25(30-17-31-26)21-13-19-8-6-7-9-23(19)24(14-21)29(3,4)5/h6-11,13-18H,12H2,1-5H3. The van der Waals surface area contributed by atoms with Crippen LogP contribution in [0.4, 0.5) is 0 Å². The molecule has 0 aliphatic carbocycles. The Morgan fingerprint density at radius 1 is 0.848 bits per heavy atom. The number of benzene rings is 2. The van der Waals surface area contributed by atoms with Crippen molar-refractivity contribution in [2.75, 3.05) is 0 Å². The topological polar surface area (TPSA) is 51.8 Å². The van der Waals surface area contributed by atoms with E-state index in [4.69, 9.17) is 9.40 Å². The number of aromatic nitrogens is 3. The summed E-state index contributed by atoms with van der Waals surface area (Å²) in [5.74, 6) is 1.26. The summed E-state index contributed by atoms with van der Waals surface area (Å²) in [6.07, 6.45) is 2.54. The maximum atomic E-state index is 6.11. The lowest BCUT2D eigenvalue weighted by Gasteiger charge is -2.22. The number of fused-ring (bicyclic) bond motifs is 2. The second-order valence-electron chi connectivity index (χ2n) is 10.2. The average molecular weight is 436 g/mol. The number of furan rings is 1. The minimum Gasteiger partial charge on any atom is -0.436 e. The number of pyridine rings is 1. The first-order valence-electron chi connectivity index (χ1n) is 11.5. The third-order valence-corrected chi connectivity index (χ3v) is 5.94. The van der Waals surface area contributed by atoms with Crippen molar-refractivity contribution in [1.29, 1.82) is 0 Å². The molecule has 33 heavy (non-hydrogen) atoms. The van der Waals surface area contributed by atoms with Crippen molar-refractivity contribution in [2.45, 2.75) is 46.5 Å². The Kier molecular flexibility index (Phi) is 5.24. The van der Waals surface area contributed by atoms with Crippen LogP contribution in [0.15, 0.2) is 71.4 Å². The summed E-state index contributed by atoms with van der Waals surface area (Å²) in [5.41, 5.74) is 5.75. The van der Waals surface area contributed by atoms with Crippen molar-refractivity contribution in [2.24, 2.45) is 5.92 Å². The molecule has 4 nitrogen and oxygen atoms in total. The zero-order chi connectivity index (χ0) is 23.2. The molecule has 0 aliphatic heterocycles. The van der Waals surface area contributed by atoms with Gasteiger partial charge in [0.25, 0.3) is 0 Å². The van der Waals surface area contributed by atoms with Gasteiger partial charge in [0, 0.05) is 16.6 Å². The maximum Gasteiger partial charge on any atom is 0.226 e. The van der Waals surface area contributed by atoms with Gasteiger partial charge in [-0.05, 0) is 70.5 Å². The molecule has 5 aromatic rings. The highest BCUT2D eigenvalue weighted by Crippen LogP contribution is 2.35. The van der Waals surface area contributed by atoms with Crippen LogP contribution in [0.5, 0.6) is 0 Å². The lowest BCUT2D eigenvalue weighted by atomic mass is 9.82. The molecule has 0 atom stereocenters. The van der Waals surface area contributed by atoms with Crippen LogP contribution in [-0.4, -0.2) is 15.0 Å². The zero-order valence-electron chi connectivity index (χ0n) is 19.9. The van der Waals surface area contributed by atoms with Gasteiger partial charge in [-0.15, -0.1) is 0 Å². The third kappa shape index (κ3) is 4.25. The molecule has 5 rings (SSSR count). The molecule has 0 unspecified atom stereocenters. The first-order chi connectivity index (χ1) is 15.8. The average Bonchev–Trinajstić information content (AvgIpc) is 3.21. The first kappa shape index (κ1) is 21.3. The monoisotopic (exact) mass is 435 g/mol. The Morgan fingerprint density at radius 2 is 1.64 bits per heavy atom. The predicted octanol–water partition coefficient (Wildman–Crippen LogP) is 7.60. The van der Waals surface area contributed by atoms with Gasteiger partial charge >= 0.3 is 0 Å². The zero-order valence-corrected chi connectivity index (χ0v) is 19.9. The molecule has 0 bridgehead atoms. The SMILES string of the molecule is CC(C)Cc1ccc2cc(-c3cc(-c4cc(C(C)(C)C)c5ccccc5c4)ncn3)oc2n1. The summed E-state index contributed by atoms with van der Waals surface area (Å²) in [7, 11) is 0. The fourth-order valence-electron chi connectivity index (χ4n) is 4.34. The van der Waals surface area contributed by atoms with Gasteiger partial charge < -0.3 is 4.42 Å². The number of nitrogens with zero attached hydrogens (tertiary/aromatic N) is 3. The largest absolute Gasteiger partial charge is 0.436 e. The van der Waals surface area contributed by atoms with Crippen molar-refractivity contribution in [1.82, 2.24) is 15.0 Å². The van der Waals surface area contributed by atoms with E-state index in [-0.39, 0.29) is 5.41 Å². The van der Waals surface area contributed by atoms with Crippen LogP contribution in [-0.2, 0) is 11.8 Å². The highest BCUT2D eigenvalue weighted by atomic mass is 16.3. The third-order valence-electron chi connectivity index (χ3n) is 5.94. The van der Waals surface area contributed by atoms with Crippen LogP contribution in [0.25, 0.3) is 44.6 Å². The highest BCUT2D eigenvalue weighted by molar-refractivity contribution is 5.91. The van der Waals surface area contributed by atoms with Crippen LogP contribution in [0.2, 0.25) is 0 Å². The van der Waals surface area contributed by atoms with E-state index in [1.807, 2.05) is 12.1 Å². The number of rotatable bonds is 4. The molecule has 0 saturated heterocycles. The lowest BCUT2D eigenvalue weighted by molar-refractivity contribution is 0.596. The number of hydrogen-bond acceptors (Lipinski definition) is 4. The molecule has 4 heteroatoms. The van der Waals surface area contributed by atoms with Gasteiger partial charge in [0.15, 0.2) is 5.76 Å². The Balaban J connectivity index is 1.58. The minimum atomic E-state index is 0.0174. The molecule has 0 saturated carbocycles. The van der Waals surface area contributed by atoms with Crippen molar-refractivity contribution in [3.63, 3.8) is 0 Å². The van der Waals surface area contributed by atoms with Gasteiger partial charge in [-0.3, -0.25) is 0 Å². The summed E-state index contributed by atoms with van der Waals surface area (Å²) in [4.78, 5) is 13.8. The molecular formula is C29H29N3O. The molecular weight excluding hydrogens is 406 g/mol. The molecule has 3 aromatic heterocycles. The minimum absolute atomic E-state index is 0.0174. The molecule has 0 amide bonds. The van der Waals surface area contributed by atoms with Gasteiger partial charge in [0.1, 0.15) is 12.0 Å². The van der Waals surface area contributed by atoms with Crippen LogP contribution < -0.4 is 0 Å². The van der Waals surface area contributed by atoms with E-state index in [1.165, 1.54) is 16.3 Å². The van der Waals surface area contributed by atoms with Gasteiger partial charge in [-0.2, -0.15) is 0 Å². The molecule has 166 valence electrons. The maximum absolute atomic E-state index is 6.11. The normalized spacial score (nSPS) is 12.2. The van der Waals surface area contributed by atoms with Gasteiger partial charge in [-0.1, -0.05) is 58.9 Å². The van der Waals surface area contributed by atoms with E-state index in [0.717, 1.165) is 34.5 Å². The van der Waals surface area contributed by atoms with Crippen molar-refractivity contribution in [3.8, 4) is 22.7 Å². The van der Waals surface area contributed by atoms with Crippen molar-refractivity contribution < 1.29 is 4.42 Å². The van der Waals surface area contributed by atoms with E-state index in [0.29, 0.717) is 17.4 Å². The second kappa shape index (κ2) is 8.11. The predicted molar refractivity (Wildman–Crippen MR) is 135 cm³/mol. The summed E-state index contributed by atoms with van der Waals surface area (Å²) in [6, 6.07) is 21.2. The Hall–Kier alpha value is -3.53. The quantitative estimate of drug-likeness (QED) is 0.292. The second-order valence-corrected chi connectivity index (χ2v) is 10.2. The highest BCUT2D eigenvalue weighted by Gasteiger charge is 2.19. The Labute approximate surface area is 194 Å². The molecule has 0 fully saturated rings. The van der Waals surface area contributed by atoms with E-state index < -0.39 is 0 Å². The van der Waals surface area contributed by atoms with E-state index in [1.54, 1.807) is 6.33 Å². The summed E-state index contributed by atoms with van der Waals surface area (Å²) < 4.78 is 6.11. The number of hydrogen-bond donors (Lipinski definition) is 0. The summed E-state index contributed by atoms with van der Waals surface area (Å²) in [5, 5.41) is 3.48. The molecule has 0 radical (unpaired) electrons. The molecule has 0 spiro atoms. The van der Waals surface area contributed by atoms with E-state index >= 15 is 0 Å². The van der Waals surface area contributed by atoms with Crippen LogP contribution in [0.3, 0.4) is 0 Å². The van der Waals surface area contributed by atoms with Crippen molar-refractivity contribution >= 4 is 21.9 Å². The molecule has 3 heterocycles. The van der Waals surface area contributed by atoms with E-state index in [2.05, 4.69) is 93.1 Å². The fraction of sp³-hybridized carbons (Fsp3) is 0.276. The van der Waals surface area contributed by atoms with Crippen LogP contribution in [0, 0.1) is 5.92 Å². The molecule has 0 N–H and O–H groups in total. The Morgan fingerprint density at radius 3 is 2.42 bits per heavy atom.